The number of thioether (sulfide) groups is 1. The van der Waals surface area contributed by atoms with Gasteiger partial charge in [-0.1, -0.05) is 59.6 Å². The van der Waals surface area contributed by atoms with Crippen LogP contribution in [0.4, 0.5) is 4.79 Å². The maximum absolute atomic E-state index is 13.1. The molecule has 0 atom stereocenters. The first kappa shape index (κ1) is 24.7. The summed E-state index contributed by atoms with van der Waals surface area (Å²) in [5.41, 5.74) is 1.44. The lowest BCUT2D eigenvalue weighted by Crippen LogP contribution is -2.40. The molecule has 0 bridgehead atoms. The second-order valence-corrected chi connectivity index (χ2v) is 10.4. The van der Waals surface area contributed by atoms with E-state index in [9.17, 15) is 14.4 Å². The van der Waals surface area contributed by atoms with E-state index < -0.39 is 11.1 Å². The van der Waals surface area contributed by atoms with Gasteiger partial charge in [0.25, 0.3) is 11.1 Å². The molecule has 6 nitrogen and oxygen atoms in total. The van der Waals surface area contributed by atoms with Gasteiger partial charge in [0.1, 0.15) is 18.9 Å². The van der Waals surface area contributed by atoms with Gasteiger partial charge in [0.15, 0.2) is 0 Å². The lowest BCUT2D eigenvalue weighted by Gasteiger charge is -2.18. The van der Waals surface area contributed by atoms with Gasteiger partial charge in [0.05, 0.1) is 4.91 Å². The number of likely N-dealkylation sites (tertiary alicyclic amines) is 1. The number of imide groups is 1. The highest BCUT2D eigenvalue weighted by atomic mass is 35.5. The number of benzene rings is 3. The third kappa shape index (κ3) is 5.09. The van der Waals surface area contributed by atoms with Gasteiger partial charge in [-0.25, -0.2) is 0 Å². The Bertz CT molecular complexity index is 1400. The van der Waals surface area contributed by atoms with Gasteiger partial charge in [-0.3, -0.25) is 19.3 Å². The van der Waals surface area contributed by atoms with Crippen LogP contribution in [0.2, 0.25) is 10.0 Å². The summed E-state index contributed by atoms with van der Waals surface area (Å²) in [7, 11) is 0. The van der Waals surface area contributed by atoms with Crippen molar-refractivity contribution in [3.63, 3.8) is 0 Å². The third-order valence-electron chi connectivity index (χ3n) is 6.23. The molecule has 36 heavy (non-hydrogen) atoms. The van der Waals surface area contributed by atoms with Crippen LogP contribution in [0.15, 0.2) is 59.5 Å². The van der Waals surface area contributed by atoms with Gasteiger partial charge in [0, 0.05) is 34.3 Å². The Balaban J connectivity index is 1.44. The van der Waals surface area contributed by atoms with E-state index in [0.717, 1.165) is 45.8 Å². The van der Waals surface area contributed by atoms with Crippen molar-refractivity contribution in [1.82, 2.24) is 9.80 Å². The van der Waals surface area contributed by atoms with Crippen LogP contribution in [0, 0.1) is 0 Å². The number of amides is 3. The van der Waals surface area contributed by atoms with Crippen LogP contribution in [0.25, 0.3) is 16.8 Å². The Morgan fingerprint density at radius 3 is 2.58 bits per heavy atom. The number of nitrogens with zero attached hydrogens (tertiary/aromatic N) is 2. The van der Waals surface area contributed by atoms with Gasteiger partial charge < -0.3 is 9.64 Å². The van der Waals surface area contributed by atoms with Crippen LogP contribution in [0.1, 0.15) is 24.0 Å². The summed E-state index contributed by atoms with van der Waals surface area (Å²) >= 11 is 13.1. The molecule has 3 amide bonds. The molecule has 2 aliphatic heterocycles. The molecule has 0 aromatic heterocycles. The van der Waals surface area contributed by atoms with Crippen molar-refractivity contribution < 1.29 is 19.1 Å². The Kier molecular flexibility index (Phi) is 7.23. The molecular formula is C27H22Cl2N2O4S. The van der Waals surface area contributed by atoms with Gasteiger partial charge in [-0.2, -0.15) is 0 Å². The number of ether oxygens (including phenoxy) is 1. The van der Waals surface area contributed by atoms with Crippen molar-refractivity contribution >= 4 is 68.9 Å². The normalized spacial score (nSPS) is 17.0. The number of hydrogen-bond donors (Lipinski definition) is 0. The molecule has 0 spiro atoms. The van der Waals surface area contributed by atoms with E-state index in [4.69, 9.17) is 27.9 Å². The van der Waals surface area contributed by atoms with Gasteiger partial charge >= 0.3 is 0 Å². The molecule has 2 heterocycles. The number of rotatable bonds is 6. The molecule has 0 N–H and O–H groups in total. The summed E-state index contributed by atoms with van der Waals surface area (Å²) in [6, 6.07) is 16.7. The highest BCUT2D eigenvalue weighted by molar-refractivity contribution is 8.18. The summed E-state index contributed by atoms with van der Waals surface area (Å²) < 4.78 is 6.13. The molecule has 2 saturated heterocycles. The lowest BCUT2D eigenvalue weighted by molar-refractivity contribution is -0.135. The van der Waals surface area contributed by atoms with E-state index in [-0.39, 0.29) is 24.0 Å². The fraction of sp³-hybridized carbons (Fsp3) is 0.222. The molecule has 9 heteroatoms. The quantitative estimate of drug-likeness (QED) is 0.339. The zero-order valence-corrected chi connectivity index (χ0v) is 21.5. The van der Waals surface area contributed by atoms with Crippen molar-refractivity contribution in [2.75, 3.05) is 19.6 Å². The molecule has 0 unspecified atom stereocenters. The standard InChI is InChI=1S/C27H22Cl2N2O4S/c28-19-9-7-18(22(29)13-19)16-35-23-10-8-17-5-1-2-6-20(17)21(23)14-24-26(33)31(27(34)36-24)15-25(32)30-11-3-4-12-30/h1-2,5-10,13-14H,3-4,11-12,15-16H2/b24-14+. The number of halogens is 2. The highest BCUT2D eigenvalue weighted by Gasteiger charge is 2.37. The van der Waals surface area contributed by atoms with Gasteiger partial charge in [-0.15, -0.1) is 0 Å². The van der Waals surface area contributed by atoms with Crippen LogP contribution < -0.4 is 4.74 Å². The first-order valence-electron chi connectivity index (χ1n) is 11.5. The Labute approximate surface area is 222 Å². The molecule has 3 aromatic rings. The molecule has 0 saturated carbocycles. The number of fused-ring (bicyclic) bond motifs is 1. The largest absolute Gasteiger partial charge is 0.488 e. The second-order valence-electron chi connectivity index (χ2n) is 8.58. The Morgan fingerprint density at radius 2 is 1.81 bits per heavy atom. The summed E-state index contributed by atoms with van der Waals surface area (Å²) in [4.78, 5) is 41.3. The van der Waals surface area contributed by atoms with Crippen molar-refractivity contribution in [1.29, 1.82) is 0 Å². The molecular weight excluding hydrogens is 519 g/mol. The number of hydrogen-bond acceptors (Lipinski definition) is 5. The average Bonchev–Trinajstić information content (AvgIpc) is 3.49. The van der Waals surface area contributed by atoms with Crippen LogP contribution in [-0.2, 0) is 16.2 Å². The van der Waals surface area contributed by atoms with Crippen LogP contribution >= 0.6 is 35.0 Å². The Hall–Kier alpha value is -3.00. The third-order valence-corrected chi connectivity index (χ3v) is 7.72. The van der Waals surface area contributed by atoms with Crippen molar-refractivity contribution in [3.8, 4) is 5.75 Å². The number of carbonyl (C=O) groups excluding carboxylic acids is 3. The van der Waals surface area contributed by atoms with E-state index in [1.807, 2.05) is 36.4 Å². The average molecular weight is 541 g/mol. The second kappa shape index (κ2) is 10.5. The Morgan fingerprint density at radius 1 is 1.03 bits per heavy atom. The minimum atomic E-state index is -0.475. The zero-order valence-electron chi connectivity index (χ0n) is 19.2. The van der Waals surface area contributed by atoms with Crippen molar-refractivity contribution in [2.45, 2.75) is 19.4 Å². The first-order chi connectivity index (χ1) is 17.4. The van der Waals surface area contributed by atoms with Crippen molar-refractivity contribution in [3.05, 3.63) is 80.7 Å². The molecule has 0 radical (unpaired) electrons. The maximum atomic E-state index is 13.1. The predicted octanol–water partition coefficient (Wildman–Crippen LogP) is 6.38. The smallest absolute Gasteiger partial charge is 0.294 e. The molecule has 2 fully saturated rings. The molecule has 0 aliphatic carbocycles. The van der Waals surface area contributed by atoms with E-state index >= 15 is 0 Å². The lowest BCUT2D eigenvalue weighted by atomic mass is 10.0. The van der Waals surface area contributed by atoms with Crippen molar-refractivity contribution in [2.24, 2.45) is 0 Å². The van der Waals surface area contributed by atoms with Gasteiger partial charge in [-0.05, 0) is 59.7 Å². The minimum absolute atomic E-state index is 0.195. The summed E-state index contributed by atoms with van der Waals surface area (Å²) in [6.45, 7) is 1.29. The van der Waals surface area contributed by atoms with E-state index in [1.54, 1.807) is 29.2 Å². The molecule has 3 aromatic carbocycles. The fourth-order valence-corrected chi connectivity index (χ4v) is 5.60. The zero-order chi connectivity index (χ0) is 25.2. The van der Waals surface area contributed by atoms with E-state index in [2.05, 4.69) is 0 Å². The summed E-state index contributed by atoms with van der Waals surface area (Å²) in [5, 5.41) is 2.42. The highest BCUT2D eigenvalue weighted by Crippen LogP contribution is 2.37. The van der Waals surface area contributed by atoms with Crippen LogP contribution in [0.3, 0.4) is 0 Å². The molecule has 2 aliphatic rings. The fourth-order valence-electron chi connectivity index (χ4n) is 4.31. The minimum Gasteiger partial charge on any atom is -0.488 e. The predicted molar refractivity (Wildman–Crippen MR) is 143 cm³/mol. The van der Waals surface area contributed by atoms with E-state index in [0.29, 0.717) is 34.4 Å². The van der Waals surface area contributed by atoms with Gasteiger partial charge in [0.2, 0.25) is 5.91 Å². The summed E-state index contributed by atoms with van der Waals surface area (Å²) in [5.74, 6) is -0.137. The van der Waals surface area contributed by atoms with E-state index in [1.165, 1.54) is 0 Å². The van der Waals surface area contributed by atoms with Crippen LogP contribution in [-0.4, -0.2) is 46.5 Å². The summed E-state index contributed by atoms with van der Waals surface area (Å²) in [6.07, 6.45) is 3.56. The molecule has 184 valence electrons. The first-order valence-corrected chi connectivity index (χ1v) is 13.1. The topological polar surface area (TPSA) is 66.9 Å². The molecule has 5 rings (SSSR count). The van der Waals surface area contributed by atoms with Crippen LogP contribution in [0.5, 0.6) is 5.75 Å². The maximum Gasteiger partial charge on any atom is 0.294 e. The SMILES string of the molecule is O=C(CN1C(=O)S/C(=C/c2c(OCc3ccc(Cl)cc3Cl)ccc3ccccc23)C1=O)N1CCCC1. The monoisotopic (exact) mass is 540 g/mol. The number of carbonyl (C=O) groups is 3.